The van der Waals surface area contributed by atoms with Crippen molar-refractivity contribution in [3.63, 3.8) is 0 Å². The highest BCUT2D eigenvalue weighted by atomic mass is 35.5. The van der Waals surface area contributed by atoms with Crippen molar-refractivity contribution in [3.05, 3.63) is 46.7 Å². The molecule has 1 aliphatic carbocycles. The van der Waals surface area contributed by atoms with Crippen molar-refractivity contribution < 1.29 is 0 Å². The number of nitrogens with zero attached hydrogens (tertiary/aromatic N) is 2. The molecule has 0 aliphatic heterocycles. The average molecular weight is 262 g/mol. The van der Waals surface area contributed by atoms with Gasteiger partial charge in [0.1, 0.15) is 0 Å². The van der Waals surface area contributed by atoms with Gasteiger partial charge in [-0.25, -0.2) is 4.68 Å². The topological polar surface area (TPSA) is 43.8 Å². The maximum atomic E-state index is 6.05. The van der Waals surface area contributed by atoms with Crippen LogP contribution in [0.3, 0.4) is 0 Å². The fraction of sp³-hybridized carbons (Fsp3) is 0.357. The summed E-state index contributed by atoms with van der Waals surface area (Å²) in [6, 6.07) is 10.0. The summed E-state index contributed by atoms with van der Waals surface area (Å²) >= 11 is 6.05. The zero-order chi connectivity index (χ0) is 12.5. The molecular formula is C14H16ClN3. The average Bonchev–Trinajstić information content (AvgIpc) is 3.11. The van der Waals surface area contributed by atoms with Crippen molar-refractivity contribution >= 4 is 11.6 Å². The number of rotatable bonds is 4. The van der Waals surface area contributed by atoms with E-state index in [0.717, 1.165) is 22.8 Å². The molecule has 0 unspecified atom stereocenters. The molecule has 1 fully saturated rings. The first kappa shape index (κ1) is 11.8. The summed E-state index contributed by atoms with van der Waals surface area (Å²) < 4.78 is 2.02. The molecule has 0 atom stereocenters. The Balaban J connectivity index is 2.03. The van der Waals surface area contributed by atoms with Gasteiger partial charge >= 0.3 is 0 Å². The predicted molar refractivity (Wildman–Crippen MR) is 73.3 cm³/mol. The summed E-state index contributed by atoms with van der Waals surface area (Å²) in [5, 5.41) is 5.39. The van der Waals surface area contributed by atoms with Crippen molar-refractivity contribution in [2.75, 3.05) is 6.54 Å². The molecule has 18 heavy (non-hydrogen) atoms. The molecule has 0 saturated heterocycles. The summed E-state index contributed by atoms with van der Waals surface area (Å²) in [6.45, 7) is 0.636. The maximum absolute atomic E-state index is 6.05. The number of aromatic nitrogens is 2. The van der Waals surface area contributed by atoms with Crippen LogP contribution in [0.4, 0.5) is 0 Å². The van der Waals surface area contributed by atoms with E-state index in [1.165, 1.54) is 18.5 Å². The molecule has 1 aromatic carbocycles. The second-order valence-corrected chi connectivity index (χ2v) is 5.20. The van der Waals surface area contributed by atoms with Crippen molar-refractivity contribution in [1.29, 1.82) is 0 Å². The van der Waals surface area contributed by atoms with E-state index >= 15 is 0 Å². The molecule has 0 radical (unpaired) electrons. The lowest BCUT2D eigenvalue weighted by Crippen LogP contribution is -2.05. The summed E-state index contributed by atoms with van der Waals surface area (Å²) in [6.07, 6.45) is 3.34. The fourth-order valence-electron chi connectivity index (χ4n) is 2.20. The lowest BCUT2D eigenvalue weighted by molar-refractivity contribution is 0.781. The molecule has 0 bridgehead atoms. The lowest BCUT2D eigenvalue weighted by atomic mass is 10.2. The van der Waals surface area contributed by atoms with Gasteiger partial charge in [-0.3, -0.25) is 0 Å². The van der Waals surface area contributed by atoms with Gasteiger partial charge in [-0.2, -0.15) is 5.10 Å². The Hall–Kier alpha value is -1.32. The SMILES string of the molecule is NCCc1cc(C2CC2)n(-c2cccc(Cl)c2)n1. The summed E-state index contributed by atoms with van der Waals surface area (Å²) in [4.78, 5) is 0. The van der Waals surface area contributed by atoms with Crippen LogP contribution in [0.5, 0.6) is 0 Å². The lowest BCUT2D eigenvalue weighted by Gasteiger charge is -2.06. The monoisotopic (exact) mass is 261 g/mol. The van der Waals surface area contributed by atoms with Gasteiger partial charge < -0.3 is 5.73 Å². The summed E-state index contributed by atoms with van der Waals surface area (Å²) in [5.74, 6) is 0.656. The summed E-state index contributed by atoms with van der Waals surface area (Å²) in [5.41, 5.74) is 9.00. The first-order chi connectivity index (χ1) is 8.78. The minimum atomic E-state index is 0.636. The summed E-state index contributed by atoms with van der Waals surface area (Å²) in [7, 11) is 0. The molecule has 0 amide bonds. The van der Waals surface area contributed by atoms with Gasteiger partial charge in [0.2, 0.25) is 0 Å². The first-order valence-corrected chi connectivity index (χ1v) is 6.70. The van der Waals surface area contributed by atoms with E-state index < -0.39 is 0 Å². The Bertz CT molecular complexity index is 558. The van der Waals surface area contributed by atoms with Crippen LogP contribution < -0.4 is 5.73 Å². The van der Waals surface area contributed by atoms with Crippen LogP contribution in [-0.4, -0.2) is 16.3 Å². The van der Waals surface area contributed by atoms with Gasteiger partial charge in [0, 0.05) is 23.1 Å². The highest BCUT2D eigenvalue weighted by molar-refractivity contribution is 6.30. The number of nitrogens with two attached hydrogens (primary N) is 1. The van der Waals surface area contributed by atoms with E-state index in [1.54, 1.807) is 0 Å². The molecular weight excluding hydrogens is 246 g/mol. The van der Waals surface area contributed by atoms with Gasteiger partial charge in [-0.05, 0) is 43.7 Å². The van der Waals surface area contributed by atoms with Crippen LogP contribution in [0.2, 0.25) is 5.02 Å². The largest absolute Gasteiger partial charge is 0.330 e. The van der Waals surface area contributed by atoms with Crippen LogP contribution in [0.1, 0.15) is 30.1 Å². The van der Waals surface area contributed by atoms with Crippen molar-refractivity contribution in [2.45, 2.75) is 25.2 Å². The highest BCUT2D eigenvalue weighted by Crippen LogP contribution is 2.41. The second kappa shape index (κ2) is 4.75. The van der Waals surface area contributed by atoms with E-state index in [9.17, 15) is 0 Å². The van der Waals surface area contributed by atoms with E-state index in [0.29, 0.717) is 12.5 Å². The van der Waals surface area contributed by atoms with Gasteiger partial charge in [0.15, 0.2) is 0 Å². The zero-order valence-corrected chi connectivity index (χ0v) is 10.9. The molecule has 1 aliphatic rings. The number of benzene rings is 1. The molecule has 3 rings (SSSR count). The molecule has 1 saturated carbocycles. The smallest absolute Gasteiger partial charge is 0.0663 e. The zero-order valence-electron chi connectivity index (χ0n) is 10.1. The van der Waals surface area contributed by atoms with E-state index in [2.05, 4.69) is 11.2 Å². The standard InChI is InChI=1S/C14H16ClN3/c15-11-2-1-3-13(8-11)18-14(10-4-5-10)9-12(17-18)6-7-16/h1-3,8-10H,4-7,16H2. The van der Waals surface area contributed by atoms with E-state index in [1.807, 2.05) is 28.9 Å². The van der Waals surface area contributed by atoms with Gasteiger partial charge in [-0.1, -0.05) is 17.7 Å². The second-order valence-electron chi connectivity index (χ2n) is 4.77. The fourth-order valence-corrected chi connectivity index (χ4v) is 2.39. The maximum Gasteiger partial charge on any atom is 0.0663 e. The number of hydrogen-bond acceptors (Lipinski definition) is 2. The molecule has 3 nitrogen and oxygen atoms in total. The van der Waals surface area contributed by atoms with Crippen LogP contribution in [0.15, 0.2) is 30.3 Å². The quantitative estimate of drug-likeness (QED) is 0.920. The Morgan fingerprint density at radius 2 is 2.17 bits per heavy atom. The van der Waals surface area contributed by atoms with Gasteiger partial charge in [-0.15, -0.1) is 0 Å². The normalized spacial score (nSPS) is 15.0. The Morgan fingerprint density at radius 3 is 2.83 bits per heavy atom. The van der Waals surface area contributed by atoms with Crippen molar-refractivity contribution in [1.82, 2.24) is 9.78 Å². The van der Waals surface area contributed by atoms with E-state index in [-0.39, 0.29) is 0 Å². The molecule has 4 heteroatoms. The Labute approximate surface area is 112 Å². The van der Waals surface area contributed by atoms with Crippen molar-refractivity contribution in [2.24, 2.45) is 5.73 Å². The molecule has 1 aromatic heterocycles. The Kier molecular flexibility index (Phi) is 3.10. The van der Waals surface area contributed by atoms with Crippen LogP contribution in [0, 0.1) is 0 Å². The van der Waals surface area contributed by atoms with Gasteiger partial charge in [0.05, 0.1) is 11.4 Å². The molecule has 2 N–H and O–H groups in total. The third-order valence-electron chi connectivity index (χ3n) is 3.24. The van der Waals surface area contributed by atoms with Crippen LogP contribution in [-0.2, 0) is 6.42 Å². The molecule has 2 aromatic rings. The molecule has 0 spiro atoms. The number of hydrogen-bond donors (Lipinski definition) is 1. The van der Waals surface area contributed by atoms with Crippen LogP contribution in [0.25, 0.3) is 5.69 Å². The van der Waals surface area contributed by atoms with Gasteiger partial charge in [0.25, 0.3) is 0 Å². The first-order valence-electron chi connectivity index (χ1n) is 6.33. The third-order valence-corrected chi connectivity index (χ3v) is 3.47. The van der Waals surface area contributed by atoms with Crippen LogP contribution >= 0.6 is 11.6 Å². The number of halogens is 1. The molecule has 94 valence electrons. The van der Waals surface area contributed by atoms with E-state index in [4.69, 9.17) is 17.3 Å². The minimum Gasteiger partial charge on any atom is -0.330 e. The van der Waals surface area contributed by atoms with Crippen molar-refractivity contribution in [3.8, 4) is 5.69 Å². The Morgan fingerprint density at radius 1 is 1.33 bits per heavy atom. The molecule has 1 heterocycles. The third kappa shape index (κ3) is 2.28. The highest BCUT2D eigenvalue weighted by Gasteiger charge is 2.28. The predicted octanol–water partition coefficient (Wildman–Crippen LogP) is 2.90. The minimum absolute atomic E-state index is 0.636.